The summed E-state index contributed by atoms with van der Waals surface area (Å²) < 4.78 is 12.6. The second-order valence-corrected chi connectivity index (χ2v) is 3.08. The van der Waals surface area contributed by atoms with Crippen molar-refractivity contribution in [2.24, 2.45) is 5.92 Å². The summed E-state index contributed by atoms with van der Waals surface area (Å²) in [7, 11) is 0. The first-order chi connectivity index (χ1) is 4.39. The first kappa shape index (κ1) is 5.66. The zero-order valence-corrected chi connectivity index (χ0v) is 5.44. The highest BCUT2D eigenvalue weighted by Crippen LogP contribution is 2.40. The van der Waals surface area contributed by atoms with Crippen LogP contribution in [0.15, 0.2) is 0 Å². The van der Waals surface area contributed by atoms with Gasteiger partial charge in [-0.25, -0.2) is 4.39 Å². The fourth-order valence-electron chi connectivity index (χ4n) is 1.71. The van der Waals surface area contributed by atoms with Crippen molar-refractivity contribution in [2.75, 3.05) is 6.54 Å². The predicted molar refractivity (Wildman–Crippen MR) is 34.0 cm³/mol. The van der Waals surface area contributed by atoms with Gasteiger partial charge in [-0.05, 0) is 19.4 Å². The lowest BCUT2D eigenvalue weighted by Crippen LogP contribution is -2.19. The van der Waals surface area contributed by atoms with E-state index in [2.05, 4.69) is 5.32 Å². The molecule has 0 spiro atoms. The molecule has 0 bridgehead atoms. The number of nitrogens with one attached hydrogen (secondary N) is 1. The van der Waals surface area contributed by atoms with Gasteiger partial charge in [-0.15, -0.1) is 0 Å². The Morgan fingerprint density at radius 1 is 1.33 bits per heavy atom. The normalized spacial score (nSPS) is 49.7. The minimum Gasteiger partial charge on any atom is -0.311 e. The number of hydrogen-bond donors (Lipinski definition) is 1. The monoisotopic (exact) mass is 129 g/mol. The van der Waals surface area contributed by atoms with E-state index in [1.54, 1.807) is 0 Å². The van der Waals surface area contributed by atoms with Gasteiger partial charge in [0, 0.05) is 12.0 Å². The maximum absolute atomic E-state index is 12.6. The standard InChI is InChI=1S/C7H12FN/c8-6-5-3-1-2-4-9-7(5)6/h5-7,9H,1-4H2/t5-,6-,7?/m0/s1. The third kappa shape index (κ3) is 0.855. The number of hydrogen-bond acceptors (Lipinski definition) is 1. The highest BCUT2D eigenvalue weighted by molar-refractivity contribution is 5.04. The molecule has 9 heavy (non-hydrogen) atoms. The van der Waals surface area contributed by atoms with Crippen molar-refractivity contribution < 1.29 is 4.39 Å². The number of fused-ring (bicyclic) bond motifs is 1. The third-order valence-electron chi connectivity index (χ3n) is 2.42. The Bertz CT molecular complexity index is 103. The van der Waals surface area contributed by atoms with Gasteiger partial charge in [-0.1, -0.05) is 6.42 Å². The van der Waals surface area contributed by atoms with Crippen LogP contribution in [-0.4, -0.2) is 18.8 Å². The van der Waals surface area contributed by atoms with Gasteiger partial charge in [0.05, 0.1) is 0 Å². The van der Waals surface area contributed by atoms with Gasteiger partial charge in [0.25, 0.3) is 0 Å². The molecule has 1 unspecified atom stereocenters. The first-order valence-corrected chi connectivity index (χ1v) is 3.77. The van der Waals surface area contributed by atoms with Crippen LogP contribution in [0.2, 0.25) is 0 Å². The lowest BCUT2D eigenvalue weighted by Gasteiger charge is -1.96. The Balaban J connectivity index is 1.93. The highest BCUT2D eigenvalue weighted by Gasteiger charge is 2.50. The summed E-state index contributed by atoms with van der Waals surface area (Å²) in [6.45, 7) is 1.03. The second kappa shape index (κ2) is 1.94. The van der Waals surface area contributed by atoms with Crippen molar-refractivity contribution >= 4 is 0 Å². The van der Waals surface area contributed by atoms with Gasteiger partial charge < -0.3 is 5.32 Å². The van der Waals surface area contributed by atoms with E-state index in [0.29, 0.717) is 5.92 Å². The van der Waals surface area contributed by atoms with Crippen molar-refractivity contribution in [1.82, 2.24) is 5.32 Å². The number of rotatable bonds is 0. The van der Waals surface area contributed by atoms with E-state index in [1.807, 2.05) is 0 Å². The van der Waals surface area contributed by atoms with Crippen molar-refractivity contribution in [3.05, 3.63) is 0 Å². The first-order valence-electron chi connectivity index (χ1n) is 3.77. The zero-order valence-electron chi connectivity index (χ0n) is 5.44. The maximum Gasteiger partial charge on any atom is 0.120 e. The molecule has 2 aliphatic rings. The largest absolute Gasteiger partial charge is 0.311 e. The molecule has 1 nitrogen and oxygen atoms in total. The molecule has 1 heterocycles. The molecule has 52 valence electrons. The molecule has 0 radical (unpaired) electrons. The summed E-state index contributed by atoms with van der Waals surface area (Å²) in [5, 5.41) is 3.19. The van der Waals surface area contributed by atoms with Gasteiger partial charge in [-0.3, -0.25) is 0 Å². The van der Waals surface area contributed by atoms with Crippen molar-refractivity contribution in [1.29, 1.82) is 0 Å². The minimum absolute atomic E-state index is 0.243. The molecule has 1 N–H and O–H groups in total. The van der Waals surface area contributed by atoms with E-state index < -0.39 is 6.17 Å². The fraction of sp³-hybridized carbons (Fsp3) is 1.00. The molecular formula is C7H12FN. The summed E-state index contributed by atoms with van der Waals surface area (Å²) in [6, 6.07) is 0.243. The van der Waals surface area contributed by atoms with Gasteiger partial charge >= 0.3 is 0 Å². The van der Waals surface area contributed by atoms with Crippen LogP contribution in [0.3, 0.4) is 0 Å². The van der Waals surface area contributed by atoms with Crippen LogP contribution in [0.25, 0.3) is 0 Å². The smallest absolute Gasteiger partial charge is 0.120 e. The van der Waals surface area contributed by atoms with E-state index in [0.717, 1.165) is 13.0 Å². The minimum atomic E-state index is -0.509. The van der Waals surface area contributed by atoms with Crippen LogP contribution in [0, 0.1) is 5.92 Å². The van der Waals surface area contributed by atoms with Gasteiger partial charge in [0.2, 0.25) is 0 Å². The molecule has 0 amide bonds. The summed E-state index contributed by atoms with van der Waals surface area (Å²) in [4.78, 5) is 0. The molecule has 0 aromatic carbocycles. The van der Waals surface area contributed by atoms with Gasteiger partial charge in [-0.2, -0.15) is 0 Å². The van der Waals surface area contributed by atoms with Gasteiger partial charge in [0.1, 0.15) is 6.17 Å². The SMILES string of the molecule is F[C@@H]1C2NCCCC[C@H]21. The van der Waals surface area contributed by atoms with E-state index in [4.69, 9.17) is 0 Å². The molecule has 1 aliphatic carbocycles. The summed E-state index contributed by atoms with van der Waals surface area (Å²) in [5.41, 5.74) is 0. The van der Waals surface area contributed by atoms with E-state index in [1.165, 1.54) is 12.8 Å². The predicted octanol–water partition coefficient (Wildman–Crippen LogP) is 1.10. The molecule has 1 saturated carbocycles. The van der Waals surface area contributed by atoms with Crippen molar-refractivity contribution in [3.8, 4) is 0 Å². The molecule has 1 saturated heterocycles. The lowest BCUT2D eigenvalue weighted by atomic mass is 10.2. The quantitative estimate of drug-likeness (QED) is 0.516. The molecule has 2 fully saturated rings. The molecule has 0 aromatic rings. The van der Waals surface area contributed by atoms with Crippen LogP contribution in [0.5, 0.6) is 0 Å². The highest BCUT2D eigenvalue weighted by atomic mass is 19.1. The summed E-state index contributed by atoms with van der Waals surface area (Å²) in [6.07, 6.45) is 3.05. The third-order valence-corrected chi connectivity index (χ3v) is 2.42. The average molecular weight is 129 g/mol. The molecule has 1 aliphatic heterocycles. The van der Waals surface area contributed by atoms with Crippen LogP contribution in [-0.2, 0) is 0 Å². The van der Waals surface area contributed by atoms with Crippen LogP contribution in [0.4, 0.5) is 4.39 Å². The van der Waals surface area contributed by atoms with Crippen molar-refractivity contribution in [2.45, 2.75) is 31.5 Å². The van der Waals surface area contributed by atoms with E-state index >= 15 is 0 Å². The van der Waals surface area contributed by atoms with Crippen LogP contribution >= 0.6 is 0 Å². The Kier molecular flexibility index (Phi) is 1.22. The van der Waals surface area contributed by atoms with Crippen LogP contribution in [0.1, 0.15) is 19.3 Å². The van der Waals surface area contributed by atoms with Gasteiger partial charge in [0.15, 0.2) is 0 Å². The Labute approximate surface area is 54.6 Å². The summed E-state index contributed by atoms with van der Waals surface area (Å²) in [5.74, 6) is 0.382. The zero-order chi connectivity index (χ0) is 6.27. The topological polar surface area (TPSA) is 12.0 Å². The Hall–Kier alpha value is -0.110. The molecular weight excluding hydrogens is 117 g/mol. The second-order valence-electron chi connectivity index (χ2n) is 3.08. The number of halogens is 1. The molecule has 2 rings (SSSR count). The maximum atomic E-state index is 12.6. The van der Waals surface area contributed by atoms with E-state index in [9.17, 15) is 4.39 Å². The number of alkyl halides is 1. The van der Waals surface area contributed by atoms with E-state index in [-0.39, 0.29) is 6.04 Å². The van der Waals surface area contributed by atoms with Crippen LogP contribution < -0.4 is 5.32 Å². The lowest BCUT2D eigenvalue weighted by molar-refractivity contribution is 0.412. The average Bonchev–Trinajstić information content (AvgIpc) is 2.51. The molecule has 2 heteroatoms. The fourth-order valence-corrected chi connectivity index (χ4v) is 1.71. The van der Waals surface area contributed by atoms with Crippen molar-refractivity contribution in [3.63, 3.8) is 0 Å². The Morgan fingerprint density at radius 3 is 3.11 bits per heavy atom. The summed E-state index contributed by atoms with van der Waals surface area (Å²) >= 11 is 0. The Morgan fingerprint density at radius 2 is 2.22 bits per heavy atom. The molecule has 0 aromatic heterocycles. The molecule has 3 atom stereocenters.